The summed E-state index contributed by atoms with van der Waals surface area (Å²) in [6.45, 7) is 0. The number of fused-ring (bicyclic) bond motifs is 1. The monoisotopic (exact) mass is 435 g/mol. The van der Waals surface area contributed by atoms with Gasteiger partial charge < -0.3 is 0 Å². The lowest BCUT2D eigenvalue weighted by molar-refractivity contribution is -0.143. The molecule has 2 aromatic carbocycles. The number of rotatable bonds is 2. The maximum Gasteiger partial charge on any atom is 0.416 e. The van der Waals surface area contributed by atoms with Crippen LogP contribution in [-0.2, 0) is 12.4 Å². The van der Waals surface area contributed by atoms with E-state index in [1.165, 1.54) is 6.08 Å². The third-order valence-corrected chi connectivity index (χ3v) is 4.36. The number of hydrogen-bond donors (Lipinski definition) is 0. The normalized spacial score (nSPS) is 12.9. The minimum absolute atomic E-state index is 0.0361. The van der Waals surface area contributed by atoms with Crippen molar-refractivity contribution >= 4 is 46.3 Å². The molecule has 0 atom stereocenters. The van der Waals surface area contributed by atoms with Gasteiger partial charge in [0.15, 0.2) is 0 Å². The summed E-state index contributed by atoms with van der Waals surface area (Å²) < 4.78 is 77.6. The van der Waals surface area contributed by atoms with Gasteiger partial charge in [-0.25, -0.2) is 4.98 Å². The van der Waals surface area contributed by atoms with Crippen LogP contribution in [0, 0.1) is 0 Å². The van der Waals surface area contributed by atoms with Gasteiger partial charge in [-0.2, -0.15) is 26.3 Å². The lowest BCUT2D eigenvalue weighted by atomic mass is 10.0. The van der Waals surface area contributed by atoms with Gasteiger partial charge in [-0.3, -0.25) is 0 Å². The highest BCUT2D eigenvalue weighted by molar-refractivity contribution is 6.32. The van der Waals surface area contributed by atoms with Crippen molar-refractivity contribution in [3.05, 3.63) is 74.9 Å². The third-order valence-electron chi connectivity index (χ3n) is 3.83. The minimum Gasteiger partial charge on any atom is -0.235 e. The van der Waals surface area contributed by atoms with Gasteiger partial charge in [-0.1, -0.05) is 41.4 Å². The van der Waals surface area contributed by atoms with Crippen molar-refractivity contribution in [3.8, 4) is 0 Å². The molecule has 0 aliphatic heterocycles. The summed E-state index contributed by atoms with van der Waals surface area (Å²) in [7, 11) is 0. The summed E-state index contributed by atoms with van der Waals surface area (Å²) >= 11 is 11.9. The summed E-state index contributed by atoms with van der Waals surface area (Å²) in [5.74, 6) is 0. The third kappa shape index (κ3) is 4.59. The second kappa shape index (κ2) is 7.29. The van der Waals surface area contributed by atoms with Crippen molar-refractivity contribution in [3.63, 3.8) is 0 Å². The highest BCUT2D eigenvalue weighted by atomic mass is 35.5. The van der Waals surface area contributed by atoms with E-state index in [9.17, 15) is 26.3 Å². The number of hydrogen-bond acceptors (Lipinski definition) is 1. The Morgan fingerprint density at radius 1 is 0.750 bits per heavy atom. The Morgan fingerprint density at radius 2 is 1.36 bits per heavy atom. The van der Waals surface area contributed by atoms with E-state index in [-0.39, 0.29) is 16.8 Å². The topological polar surface area (TPSA) is 12.9 Å². The smallest absolute Gasteiger partial charge is 0.235 e. The molecule has 0 radical (unpaired) electrons. The predicted octanol–water partition coefficient (Wildman–Crippen LogP) is 7.75. The first kappa shape index (κ1) is 20.5. The molecule has 0 saturated carbocycles. The van der Waals surface area contributed by atoms with Gasteiger partial charge in [-0.05, 0) is 42.0 Å². The SMILES string of the molecule is FC(F)(F)c1cc(/C=C\c2cc3ccc(Cl)cc3nc2Cl)cc(C(F)(F)F)c1. The first-order chi connectivity index (χ1) is 12.9. The molecule has 3 aromatic rings. The molecule has 0 aliphatic carbocycles. The molecule has 28 heavy (non-hydrogen) atoms. The van der Waals surface area contributed by atoms with Crippen LogP contribution in [0.5, 0.6) is 0 Å². The van der Waals surface area contributed by atoms with E-state index in [0.717, 1.165) is 6.08 Å². The molecule has 9 heteroatoms. The zero-order chi connectivity index (χ0) is 20.7. The average Bonchev–Trinajstić information content (AvgIpc) is 2.58. The highest BCUT2D eigenvalue weighted by Gasteiger charge is 2.36. The first-order valence-electron chi connectivity index (χ1n) is 7.67. The second-order valence-electron chi connectivity index (χ2n) is 5.88. The van der Waals surface area contributed by atoms with Crippen LogP contribution in [0.2, 0.25) is 10.2 Å². The summed E-state index contributed by atoms with van der Waals surface area (Å²) in [5.41, 5.74) is -2.20. The van der Waals surface area contributed by atoms with Gasteiger partial charge in [0.25, 0.3) is 0 Å². The molecule has 1 aromatic heterocycles. The Balaban J connectivity index is 2.05. The quantitative estimate of drug-likeness (QED) is 0.296. The fourth-order valence-electron chi connectivity index (χ4n) is 2.51. The van der Waals surface area contributed by atoms with Crippen LogP contribution in [0.4, 0.5) is 26.3 Å². The van der Waals surface area contributed by atoms with Crippen LogP contribution < -0.4 is 0 Å². The van der Waals surface area contributed by atoms with E-state index < -0.39 is 23.5 Å². The van der Waals surface area contributed by atoms with Gasteiger partial charge in [0.2, 0.25) is 0 Å². The van der Waals surface area contributed by atoms with Crippen molar-refractivity contribution in [2.45, 2.75) is 12.4 Å². The van der Waals surface area contributed by atoms with Crippen LogP contribution >= 0.6 is 23.2 Å². The molecule has 1 heterocycles. The van der Waals surface area contributed by atoms with Gasteiger partial charge >= 0.3 is 12.4 Å². The molecule has 0 N–H and O–H groups in total. The van der Waals surface area contributed by atoms with Crippen LogP contribution in [0.1, 0.15) is 22.3 Å². The molecular weight excluding hydrogens is 427 g/mol. The van der Waals surface area contributed by atoms with E-state index in [1.807, 2.05) is 0 Å². The number of halogens is 8. The zero-order valence-electron chi connectivity index (χ0n) is 13.7. The van der Waals surface area contributed by atoms with Crippen molar-refractivity contribution < 1.29 is 26.3 Å². The van der Waals surface area contributed by atoms with Gasteiger partial charge in [0, 0.05) is 16.0 Å². The van der Waals surface area contributed by atoms with Gasteiger partial charge in [0.05, 0.1) is 16.6 Å². The number of aromatic nitrogens is 1. The van der Waals surface area contributed by atoms with Crippen molar-refractivity contribution in [1.29, 1.82) is 0 Å². The Bertz CT molecular complexity index is 1040. The van der Waals surface area contributed by atoms with E-state index >= 15 is 0 Å². The number of pyridine rings is 1. The largest absolute Gasteiger partial charge is 0.416 e. The van der Waals surface area contributed by atoms with Crippen molar-refractivity contribution in [1.82, 2.24) is 4.98 Å². The Labute approximate surface area is 165 Å². The molecule has 0 unspecified atom stereocenters. The minimum atomic E-state index is -4.91. The molecule has 3 rings (SSSR count). The standard InChI is InChI=1S/C19H9Cl2F6N/c20-15-4-3-11-7-12(17(21)28-16(11)9-15)2-1-10-5-13(18(22,23)24)8-14(6-10)19(25,26)27/h1-9H/b2-1-. The maximum atomic E-state index is 12.9. The fraction of sp³-hybridized carbons (Fsp3) is 0.105. The molecule has 0 bridgehead atoms. The van der Waals surface area contributed by atoms with Crippen molar-refractivity contribution in [2.24, 2.45) is 0 Å². The lowest BCUT2D eigenvalue weighted by Crippen LogP contribution is -2.11. The molecule has 0 amide bonds. The second-order valence-corrected chi connectivity index (χ2v) is 6.67. The van der Waals surface area contributed by atoms with E-state index in [0.29, 0.717) is 33.6 Å². The number of nitrogens with zero attached hydrogens (tertiary/aromatic N) is 1. The summed E-state index contributed by atoms with van der Waals surface area (Å²) in [4.78, 5) is 4.13. The van der Waals surface area contributed by atoms with Gasteiger partial charge in [-0.15, -0.1) is 0 Å². The predicted molar refractivity (Wildman–Crippen MR) is 97.1 cm³/mol. The van der Waals surface area contributed by atoms with E-state index in [4.69, 9.17) is 23.2 Å². The van der Waals surface area contributed by atoms with E-state index in [1.54, 1.807) is 24.3 Å². The van der Waals surface area contributed by atoms with Crippen LogP contribution in [-0.4, -0.2) is 4.98 Å². The van der Waals surface area contributed by atoms with Crippen LogP contribution in [0.25, 0.3) is 23.1 Å². The average molecular weight is 436 g/mol. The summed E-state index contributed by atoms with van der Waals surface area (Å²) in [5, 5.41) is 1.14. The molecule has 0 fully saturated rings. The Morgan fingerprint density at radius 3 is 1.93 bits per heavy atom. The molecule has 0 saturated heterocycles. The van der Waals surface area contributed by atoms with E-state index in [2.05, 4.69) is 4.98 Å². The molecule has 1 nitrogen and oxygen atoms in total. The summed E-state index contributed by atoms with van der Waals surface area (Å²) in [6.07, 6.45) is -7.40. The first-order valence-corrected chi connectivity index (χ1v) is 8.42. The molecular formula is C19H9Cl2F6N. The zero-order valence-corrected chi connectivity index (χ0v) is 15.2. The van der Waals surface area contributed by atoms with Crippen molar-refractivity contribution in [2.75, 3.05) is 0 Å². The van der Waals surface area contributed by atoms with Gasteiger partial charge in [0.1, 0.15) is 5.15 Å². The molecule has 0 aliphatic rings. The molecule has 0 spiro atoms. The van der Waals surface area contributed by atoms with Crippen LogP contribution in [0.3, 0.4) is 0 Å². The number of benzene rings is 2. The maximum absolute atomic E-state index is 12.9. The number of alkyl halides is 6. The highest BCUT2D eigenvalue weighted by Crippen LogP contribution is 2.36. The lowest BCUT2D eigenvalue weighted by Gasteiger charge is -2.13. The Kier molecular flexibility index (Phi) is 5.34. The summed E-state index contributed by atoms with van der Waals surface area (Å²) in [6, 6.07) is 7.82. The fourth-order valence-corrected chi connectivity index (χ4v) is 2.89. The Hall–Kier alpha value is -2.25. The molecule has 146 valence electrons. The van der Waals surface area contributed by atoms with Crippen LogP contribution in [0.15, 0.2) is 42.5 Å².